The minimum Gasteiger partial charge on any atom is -0.444 e. The van der Waals surface area contributed by atoms with Crippen molar-refractivity contribution in [2.75, 3.05) is 18.0 Å². The van der Waals surface area contributed by atoms with Crippen LogP contribution in [0.25, 0.3) is 0 Å². The van der Waals surface area contributed by atoms with Crippen molar-refractivity contribution in [1.82, 2.24) is 10.3 Å². The van der Waals surface area contributed by atoms with Crippen LogP contribution in [0.3, 0.4) is 0 Å². The third-order valence-corrected chi connectivity index (χ3v) is 6.79. The SMILES string of the molecule is Cc1cc(I)cc(N2CCC3(CC2)Cc2ccccc2[C@H]3NC(=O)OC(C)(C)C)n1. The number of fused-ring (bicyclic) bond motifs is 1. The molecule has 1 amide bonds. The molecule has 1 aliphatic heterocycles. The molecule has 30 heavy (non-hydrogen) atoms. The highest BCUT2D eigenvalue weighted by Crippen LogP contribution is 2.52. The van der Waals surface area contributed by atoms with E-state index in [9.17, 15) is 4.79 Å². The van der Waals surface area contributed by atoms with Gasteiger partial charge in [-0.3, -0.25) is 0 Å². The lowest BCUT2D eigenvalue weighted by Gasteiger charge is -2.44. The topological polar surface area (TPSA) is 54.5 Å². The molecule has 4 rings (SSSR count). The fourth-order valence-electron chi connectivity index (χ4n) is 4.86. The van der Waals surface area contributed by atoms with Gasteiger partial charge in [0.2, 0.25) is 0 Å². The maximum absolute atomic E-state index is 12.7. The normalized spacial score (nSPS) is 20.2. The number of hydrogen-bond donors (Lipinski definition) is 1. The number of aromatic nitrogens is 1. The van der Waals surface area contributed by atoms with Crippen LogP contribution >= 0.6 is 22.6 Å². The highest BCUT2D eigenvalue weighted by molar-refractivity contribution is 14.1. The van der Waals surface area contributed by atoms with Crippen molar-refractivity contribution in [2.24, 2.45) is 5.41 Å². The summed E-state index contributed by atoms with van der Waals surface area (Å²) in [5, 5.41) is 3.23. The molecule has 1 N–H and O–H groups in total. The summed E-state index contributed by atoms with van der Waals surface area (Å²) in [5.74, 6) is 1.06. The van der Waals surface area contributed by atoms with Crippen LogP contribution in [0.4, 0.5) is 10.6 Å². The standard InChI is InChI=1S/C24H30IN3O2/c1-16-13-18(25)14-20(26-16)28-11-9-24(10-12-28)15-17-7-5-6-8-19(17)21(24)27-22(29)30-23(2,3)4/h5-8,13-14,21H,9-12,15H2,1-4H3,(H,27,29)/t21-/m1/s1. The molecular weight excluding hydrogens is 489 g/mol. The fourth-order valence-corrected chi connectivity index (χ4v) is 5.59. The number of piperidine rings is 1. The Morgan fingerprint density at radius 2 is 1.93 bits per heavy atom. The van der Waals surface area contributed by atoms with E-state index in [1.807, 2.05) is 27.7 Å². The van der Waals surface area contributed by atoms with Crippen molar-refractivity contribution in [3.05, 3.63) is 56.8 Å². The van der Waals surface area contributed by atoms with E-state index in [-0.39, 0.29) is 17.6 Å². The predicted octanol–water partition coefficient (Wildman–Crippen LogP) is 5.40. The summed E-state index contributed by atoms with van der Waals surface area (Å²) >= 11 is 2.36. The molecule has 1 aliphatic carbocycles. The predicted molar refractivity (Wildman–Crippen MR) is 128 cm³/mol. The van der Waals surface area contributed by atoms with Gasteiger partial charge in [-0.2, -0.15) is 0 Å². The number of halogens is 1. The monoisotopic (exact) mass is 519 g/mol. The molecule has 1 spiro atoms. The number of carbonyl (C=O) groups excluding carboxylic acids is 1. The summed E-state index contributed by atoms with van der Waals surface area (Å²) in [5.41, 5.74) is 3.14. The maximum atomic E-state index is 12.7. The number of hydrogen-bond acceptors (Lipinski definition) is 4. The Balaban J connectivity index is 1.55. The second-order valence-corrected chi connectivity index (χ2v) is 10.8. The van der Waals surface area contributed by atoms with Gasteiger partial charge < -0.3 is 15.0 Å². The number of anilines is 1. The lowest BCUT2D eigenvalue weighted by Crippen LogP contribution is -2.48. The number of pyridine rings is 1. The molecule has 160 valence electrons. The molecule has 2 aliphatic rings. The van der Waals surface area contributed by atoms with Crippen molar-refractivity contribution >= 4 is 34.5 Å². The number of ether oxygens (including phenoxy) is 1. The Morgan fingerprint density at radius 3 is 2.60 bits per heavy atom. The van der Waals surface area contributed by atoms with Crippen LogP contribution in [0.2, 0.25) is 0 Å². The minimum atomic E-state index is -0.507. The zero-order valence-electron chi connectivity index (χ0n) is 18.2. The van der Waals surface area contributed by atoms with Crippen LogP contribution in [0.1, 0.15) is 56.5 Å². The number of amides is 1. The van der Waals surface area contributed by atoms with Gasteiger partial charge in [0.15, 0.2) is 0 Å². The van der Waals surface area contributed by atoms with Crippen molar-refractivity contribution < 1.29 is 9.53 Å². The lowest BCUT2D eigenvalue weighted by atomic mass is 9.72. The molecule has 0 radical (unpaired) electrons. The summed E-state index contributed by atoms with van der Waals surface area (Å²) in [6.07, 6.45) is 2.68. The summed E-state index contributed by atoms with van der Waals surface area (Å²) < 4.78 is 6.81. The molecule has 1 atom stereocenters. The maximum Gasteiger partial charge on any atom is 0.408 e. The molecule has 5 nitrogen and oxygen atoms in total. The molecule has 6 heteroatoms. The molecule has 0 bridgehead atoms. The molecule has 1 aromatic carbocycles. The highest BCUT2D eigenvalue weighted by atomic mass is 127. The summed E-state index contributed by atoms with van der Waals surface area (Å²) in [4.78, 5) is 19.8. The van der Waals surface area contributed by atoms with E-state index in [0.29, 0.717) is 0 Å². The van der Waals surface area contributed by atoms with Gasteiger partial charge in [0.25, 0.3) is 0 Å². The Labute approximate surface area is 192 Å². The molecule has 0 unspecified atom stereocenters. The summed E-state index contributed by atoms with van der Waals surface area (Å²) in [6.45, 7) is 9.63. The second kappa shape index (κ2) is 8.02. The number of nitrogens with zero attached hydrogens (tertiary/aromatic N) is 2. The summed E-state index contributed by atoms with van der Waals surface area (Å²) in [6, 6.07) is 12.8. The van der Waals surface area contributed by atoms with Gasteiger partial charge in [-0.15, -0.1) is 0 Å². The number of nitrogens with one attached hydrogen (secondary N) is 1. The third kappa shape index (κ3) is 4.43. The Morgan fingerprint density at radius 1 is 1.23 bits per heavy atom. The first-order chi connectivity index (χ1) is 14.2. The van der Waals surface area contributed by atoms with E-state index in [1.165, 1.54) is 14.7 Å². The first-order valence-electron chi connectivity index (χ1n) is 10.6. The van der Waals surface area contributed by atoms with Crippen LogP contribution in [0, 0.1) is 15.9 Å². The summed E-state index contributed by atoms with van der Waals surface area (Å²) in [7, 11) is 0. The zero-order valence-corrected chi connectivity index (χ0v) is 20.3. The van der Waals surface area contributed by atoms with E-state index in [0.717, 1.165) is 43.9 Å². The first-order valence-corrected chi connectivity index (χ1v) is 11.7. The van der Waals surface area contributed by atoms with Crippen molar-refractivity contribution in [1.29, 1.82) is 0 Å². The fraction of sp³-hybridized carbons (Fsp3) is 0.500. The van der Waals surface area contributed by atoms with Crippen LogP contribution in [0.5, 0.6) is 0 Å². The van der Waals surface area contributed by atoms with Gasteiger partial charge in [0, 0.05) is 27.8 Å². The second-order valence-electron chi connectivity index (χ2n) is 9.59. The Kier molecular flexibility index (Phi) is 5.72. The molecule has 2 heterocycles. The molecule has 1 fully saturated rings. The average Bonchev–Trinajstić information content (AvgIpc) is 2.93. The molecule has 1 saturated heterocycles. The third-order valence-electron chi connectivity index (χ3n) is 6.17. The smallest absolute Gasteiger partial charge is 0.408 e. The van der Waals surface area contributed by atoms with Crippen LogP contribution in [0.15, 0.2) is 36.4 Å². The largest absolute Gasteiger partial charge is 0.444 e. The van der Waals surface area contributed by atoms with Crippen LogP contribution in [-0.2, 0) is 11.2 Å². The molecule has 0 saturated carbocycles. The van der Waals surface area contributed by atoms with Crippen molar-refractivity contribution in [3.63, 3.8) is 0 Å². The lowest BCUT2D eigenvalue weighted by molar-refractivity contribution is 0.0428. The quantitative estimate of drug-likeness (QED) is 0.540. The van der Waals surface area contributed by atoms with Gasteiger partial charge in [-0.1, -0.05) is 24.3 Å². The average molecular weight is 519 g/mol. The molecular formula is C24H30IN3O2. The van der Waals surface area contributed by atoms with Gasteiger partial charge in [-0.05, 0) is 92.8 Å². The van der Waals surface area contributed by atoms with Gasteiger partial charge in [-0.25, -0.2) is 9.78 Å². The van der Waals surface area contributed by atoms with Gasteiger partial charge in [0.1, 0.15) is 11.4 Å². The van der Waals surface area contributed by atoms with E-state index in [2.05, 4.69) is 69.2 Å². The number of benzene rings is 1. The van der Waals surface area contributed by atoms with E-state index >= 15 is 0 Å². The first kappa shape index (κ1) is 21.4. The van der Waals surface area contributed by atoms with Crippen LogP contribution < -0.4 is 10.2 Å². The number of aryl methyl sites for hydroxylation is 1. The van der Waals surface area contributed by atoms with E-state index < -0.39 is 5.60 Å². The highest BCUT2D eigenvalue weighted by Gasteiger charge is 2.48. The molecule has 1 aromatic heterocycles. The number of carbonyl (C=O) groups is 1. The number of rotatable bonds is 2. The number of alkyl carbamates (subject to hydrolysis) is 1. The van der Waals surface area contributed by atoms with Gasteiger partial charge >= 0.3 is 6.09 Å². The van der Waals surface area contributed by atoms with Gasteiger partial charge in [0.05, 0.1) is 6.04 Å². The van der Waals surface area contributed by atoms with Crippen molar-refractivity contribution in [3.8, 4) is 0 Å². The minimum absolute atomic E-state index is 0.0173. The van der Waals surface area contributed by atoms with E-state index in [1.54, 1.807) is 0 Å². The van der Waals surface area contributed by atoms with E-state index in [4.69, 9.17) is 9.72 Å². The zero-order chi connectivity index (χ0) is 21.5. The van der Waals surface area contributed by atoms with Crippen molar-refractivity contribution in [2.45, 2.75) is 58.6 Å². The molecule has 2 aromatic rings. The Hall–Kier alpha value is -1.83. The van der Waals surface area contributed by atoms with Crippen LogP contribution in [-0.4, -0.2) is 29.8 Å². The Bertz CT molecular complexity index is 925.